The van der Waals surface area contributed by atoms with Crippen molar-refractivity contribution in [3.63, 3.8) is 0 Å². The van der Waals surface area contributed by atoms with Crippen LogP contribution in [0.25, 0.3) is 0 Å². The Kier molecular flexibility index (Phi) is 5.95. The second kappa shape index (κ2) is 7.73. The molecule has 1 aromatic rings. The van der Waals surface area contributed by atoms with Gasteiger partial charge in [-0.2, -0.15) is 0 Å². The van der Waals surface area contributed by atoms with Gasteiger partial charge in [0.2, 0.25) is 0 Å². The standard InChI is InChI=1S/C17H24ClNO3/c1-11(2)22-16-14(18)9-12(10-15(16)21-3)17(20)19-13-7-5-4-6-8-13/h9-11,13H,4-8H2,1-3H3,(H,19,20). The zero-order valence-electron chi connectivity index (χ0n) is 13.4. The van der Waals surface area contributed by atoms with Crippen LogP contribution >= 0.6 is 11.6 Å². The molecule has 0 heterocycles. The number of ether oxygens (including phenoxy) is 2. The van der Waals surface area contributed by atoms with E-state index >= 15 is 0 Å². The number of carbonyl (C=O) groups excluding carboxylic acids is 1. The summed E-state index contributed by atoms with van der Waals surface area (Å²) in [5.41, 5.74) is 0.503. The van der Waals surface area contributed by atoms with Crippen LogP contribution in [0.15, 0.2) is 12.1 Å². The average molecular weight is 326 g/mol. The monoisotopic (exact) mass is 325 g/mol. The molecular weight excluding hydrogens is 302 g/mol. The van der Waals surface area contributed by atoms with Crippen molar-refractivity contribution in [3.8, 4) is 11.5 Å². The second-order valence-corrected chi connectivity index (χ2v) is 6.37. The van der Waals surface area contributed by atoms with Crippen LogP contribution in [-0.4, -0.2) is 25.2 Å². The molecule has 1 fully saturated rings. The molecule has 0 spiro atoms. The van der Waals surface area contributed by atoms with Gasteiger partial charge in [0.05, 0.1) is 18.2 Å². The molecule has 0 aliphatic heterocycles. The number of amides is 1. The smallest absolute Gasteiger partial charge is 0.251 e. The molecule has 1 aliphatic rings. The summed E-state index contributed by atoms with van der Waals surface area (Å²) < 4.78 is 11.0. The maximum atomic E-state index is 12.4. The van der Waals surface area contributed by atoms with Gasteiger partial charge in [-0.25, -0.2) is 0 Å². The van der Waals surface area contributed by atoms with E-state index in [4.69, 9.17) is 21.1 Å². The fourth-order valence-electron chi connectivity index (χ4n) is 2.72. The summed E-state index contributed by atoms with van der Waals surface area (Å²) in [4.78, 5) is 12.4. The van der Waals surface area contributed by atoms with Crippen LogP contribution in [-0.2, 0) is 0 Å². The van der Waals surface area contributed by atoms with E-state index in [-0.39, 0.29) is 18.1 Å². The largest absolute Gasteiger partial charge is 0.493 e. The average Bonchev–Trinajstić information content (AvgIpc) is 2.49. The van der Waals surface area contributed by atoms with Gasteiger partial charge in [-0.15, -0.1) is 0 Å². The van der Waals surface area contributed by atoms with E-state index in [1.165, 1.54) is 19.3 Å². The highest BCUT2D eigenvalue weighted by Gasteiger charge is 2.20. The molecule has 1 N–H and O–H groups in total. The summed E-state index contributed by atoms with van der Waals surface area (Å²) in [5, 5.41) is 3.47. The van der Waals surface area contributed by atoms with E-state index < -0.39 is 0 Å². The number of benzene rings is 1. The molecule has 1 amide bonds. The van der Waals surface area contributed by atoms with Crippen LogP contribution in [0.2, 0.25) is 5.02 Å². The van der Waals surface area contributed by atoms with Crippen LogP contribution in [0.4, 0.5) is 0 Å². The summed E-state index contributed by atoms with van der Waals surface area (Å²) in [7, 11) is 1.54. The molecule has 0 unspecified atom stereocenters. The van der Waals surface area contributed by atoms with Gasteiger partial charge in [-0.05, 0) is 38.8 Å². The number of hydrogen-bond donors (Lipinski definition) is 1. The number of rotatable bonds is 5. The Labute approximate surface area is 137 Å². The van der Waals surface area contributed by atoms with Gasteiger partial charge < -0.3 is 14.8 Å². The van der Waals surface area contributed by atoms with Crippen molar-refractivity contribution in [1.82, 2.24) is 5.32 Å². The third-order valence-corrected chi connectivity index (χ3v) is 4.07. The Morgan fingerprint density at radius 2 is 1.95 bits per heavy atom. The number of carbonyl (C=O) groups is 1. The third-order valence-electron chi connectivity index (χ3n) is 3.79. The van der Waals surface area contributed by atoms with Gasteiger partial charge in [0.25, 0.3) is 5.91 Å². The van der Waals surface area contributed by atoms with Crippen LogP contribution < -0.4 is 14.8 Å². The first-order valence-corrected chi connectivity index (χ1v) is 8.24. The fraction of sp³-hybridized carbons (Fsp3) is 0.588. The summed E-state index contributed by atoms with van der Waals surface area (Å²) >= 11 is 6.26. The summed E-state index contributed by atoms with van der Waals surface area (Å²) in [5.74, 6) is 0.853. The third kappa shape index (κ3) is 4.29. The molecular formula is C17H24ClNO3. The van der Waals surface area contributed by atoms with Crippen molar-refractivity contribution in [1.29, 1.82) is 0 Å². The minimum absolute atomic E-state index is 0.0201. The Morgan fingerprint density at radius 3 is 2.55 bits per heavy atom. The molecule has 5 heteroatoms. The van der Waals surface area contributed by atoms with Gasteiger partial charge in [-0.1, -0.05) is 30.9 Å². The van der Waals surface area contributed by atoms with Crippen LogP contribution in [0.1, 0.15) is 56.3 Å². The second-order valence-electron chi connectivity index (χ2n) is 5.96. The van der Waals surface area contributed by atoms with E-state index in [2.05, 4.69) is 5.32 Å². The Balaban J connectivity index is 2.16. The van der Waals surface area contributed by atoms with Gasteiger partial charge >= 0.3 is 0 Å². The zero-order valence-corrected chi connectivity index (χ0v) is 14.2. The fourth-order valence-corrected chi connectivity index (χ4v) is 2.97. The highest BCUT2D eigenvalue weighted by atomic mass is 35.5. The van der Waals surface area contributed by atoms with Crippen LogP contribution in [0, 0.1) is 0 Å². The van der Waals surface area contributed by atoms with E-state index in [0.717, 1.165) is 12.8 Å². The number of methoxy groups -OCH3 is 1. The van der Waals surface area contributed by atoms with Crippen LogP contribution in [0.5, 0.6) is 11.5 Å². The first kappa shape index (κ1) is 16.9. The maximum absolute atomic E-state index is 12.4. The van der Waals surface area contributed by atoms with Gasteiger partial charge in [0.15, 0.2) is 11.5 Å². The first-order chi connectivity index (χ1) is 10.5. The van der Waals surface area contributed by atoms with Crippen molar-refractivity contribution in [2.24, 2.45) is 0 Å². The van der Waals surface area contributed by atoms with Crippen molar-refractivity contribution >= 4 is 17.5 Å². The summed E-state index contributed by atoms with van der Waals surface area (Å²) in [6.45, 7) is 3.83. The molecule has 1 aliphatic carbocycles. The van der Waals surface area contributed by atoms with E-state index in [1.807, 2.05) is 13.8 Å². The molecule has 0 radical (unpaired) electrons. The van der Waals surface area contributed by atoms with E-state index in [1.54, 1.807) is 19.2 Å². The van der Waals surface area contributed by atoms with Crippen LogP contribution in [0.3, 0.4) is 0 Å². The number of hydrogen-bond acceptors (Lipinski definition) is 3. The topological polar surface area (TPSA) is 47.6 Å². The molecule has 2 rings (SSSR count). The number of nitrogens with one attached hydrogen (secondary N) is 1. The Bertz CT molecular complexity index is 525. The predicted octanol–water partition coefficient (Wildman–Crippen LogP) is 4.20. The highest BCUT2D eigenvalue weighted by molar-refractivity contribution is 6.32. The lowest BCUT2D eigenvalue weighted by atomic mass is 9.95. The summed E-state index contributed by atoms with van der Waals surface area (Å²) in [6, 6.07) is 3.58. The lowest BCUT2D eigenvalue weighted by Crippen LogP contribution is -2.36. The van der Waals surface area contributed by atoms with Crippen molar-refractivity contribution < 1.29 is 14.3 Å². The summed E-state index contributed by atoms with van der Waals surface area (Å²) in [6.07, 6.45) is 5.68. The molecule has 0 saturated heterocycles. The number of halogens is 1. The zero-order chi connectivity index (χ0) is 16.1. The molecule has 4 nitrogen and oxygen atoms in total. The molecule has 0 atom stereocenters. The lowest BCUT2D eigenvalue weighted by molar-refractivity contribution is 0.0927. The minimum Gasteiger partial charge on any atom is -0.493 e. The minimum atomic E-state index is -0.108. The van der Waals surface area contributed by atoms with E-state index in [9.17, 15) is 4.79 Å². The maximum Gasteiger partial charge on any atom is 0.251 e. The van der Waals surface area contributed by atoms with Crippen molar-refractivity contribution in [2.45, 2.75) is 58.1 Å². The lowest BCUT2D eigenvalue weighted by Gasteiger charge is -2.23. The predicted molar refractivity (Wildman–Crippen MR) is 88.1 cm³/mol. The van der Waals surface area contributed by atoms with Crippen molar-refractivity contribution in [2.75, 3.05) is 7.11 Å². The Morgan fingerprint density at radius 1 is 1.27 bits per heavy atom. The molecule has 1 aromatic carbocycles. The van der Waals surface area contributed by atoms with E-state index in [0.29, 0.717) is 22.1 Å². The van der Waals surface area contributed by atoms with Gasteiger partial charge in [-0.3, -0.25) is 4.79 Å². The Hall–Kier alpha value is -1.42. The molecule has 122 valence electrons. The first-order valence-electron chi connectivity index (χ1n) is 7.86. The SMILES string of the molecule is COc1cc(C(=O)NC2CCCCC2)cc(Cl)c1OC(C)C. The normalized spacial score (nSPS) is 15.7. The molecule has 0 aromatic heterocycles. The quantitative estimate of drug-likeness (QED) is 0.882. The highest BCUT2D eigenvalue weighted by Crippen LogP contribution is 2.37. The molecule has 0 bridgehead atoms. The van der Waals surface area contributed by atoms with Crippen molar-refractivity contribution in [3.05, 3.63) is 22.7 Å². The molecule has 1 saturated carbocycles. The van der Waals surface area contributed by atoms with Gasteiger partial charge in [0, 0.05) is 11.6 Å². The van der Waals surface area contributed by atoms with Gasteiger partial charge in [0.1, 0.15) is 0 Å². The molecule has 22 heavy (non-hydrogen) atoms.